The average Bonchev–Trinajstić information content (AvgIpc) is 3.81. The molecular weight excluding hydrogens is 684 g/mol. The van der Waals surface area contributed by atoms with Crippen LogP contribution < -0.4 is 10.6 Å². The standard InChI is InChI=1S/C53H43OP/c1-2-40-36-39(23-22-38-14-6-3-7-15-38)37-50(40)45-32-34-48(35-33-45)55(54)51-21-13-12-20-49(51)52(46-28-24-43(25-29-46)41-16-8-4-9-17-41)53(55)47-30-26-44(27-31-47)42-18-10-5-11-19-42/h2-35,39-40,50H,1,36-37H2/b23-22+. The van der Waals surface area contributed by atoms with Crippen molar-refractivity contribution in [1.29, 1.82) is 0 Å². The van der Waals surface area contributed by atoms with Crippen LogP contribution in [0.25, 0.3) is 39.2 Å². The van der Waals surface area contributed by atoms with E-state index in [1.165, 1.54) is 16.7 Å². The second-order valence-electron chi connectivity index (χ2n) is 14.8. The van der Waals surface area contributed by atoms with E-state index in [-0.39, 0.29) is 0 Å². The molecule has 1 fully saturated rings. The van der Waals surface area contributed by atoms with Gasteiger partial charge >= 0.3 is 0 Å². The van der Waals surface area contributed by atoms with Gasteiger partial charge in [0.05, 0.1) is 0 Å². The fourth-order valence-corrected chi connectivity index (χ4v) is 12.1. The summed E-state index contributed by atoms with van der Waals surface area (Å²) in [5, 5.41) is 2.68. The van der Waals surface area contributed by atoms with Crippen LogP contribution in [0.5, 0.6) is 0 Å². The molecule has 0 radical (unpaired) electrons. The van der Waals surface area contributed by atoms with E-state index in [9.17, 15) is 0 Å². The van der Waals surface area contributed by atoms with Crippen LogP contribution in [0.4, 0.5) is 0 Å². The minimum absolute atomic E-state index is 0.369. The van der Waals surface area contributed by atoms with E-state index in [4.69, 9.17) is 0 Å². The molecule has 0 amide bonds. The van der Waals surface area contributed by atoms with Crippen molar-refractivity contribution in [3.05, 3.63) is 235 Å². The fourth-order valence-electron chi connectivity index (χ4n) is 8.82. The average molecular weight is 727 g/mol. The number of benzene rings is 7. The molecule has 266 valence electrons. The molecule has 55 heavy (non-hydrogen) atoms. The summed E-state index contributed by atoms with van der Waals surface area (Å²) in [7, 11) is -3.31. The van der Waals surface area contributed by atoms with Crippen molar-refractivity contribution >= 4 is 34.7 Å². The minimum Gasteiger partial charge on any atom is -0.309 e. The van der Waals surface area contributed by atoms with Gasteiger partial charge in [-0.2, -0.15) is 0 Å². The van der Waals surface area contributed by atoms with Crippen molar-refractivity contribution in [2.24, 2.45) is 11.8 Å². The molecule has 7 aromatic rings. The van der Waals surface area contributed by atoms with Crippen LogP contribution in [0.1, 0.15) is 46.6 Å². The van der Waals surface area contributed by atoms with Crippen LogP contribution in [0, 0.1) is 11.8 Å². The van der Waals surface area contributed by atoms with E-state index < -0.39 is 7.14 Å². The maximum atomic E-state index is 16.3. The normalized spacial score (nSPS) is 20.5. The van der Waals surface area contributed by atoms with Crippen molar-refractivity contribution in [1.82, 2.24) is 0 Å². The predicted octanol–water partition coefficient (Wildman–Crippen LogP) is 13.3. The Labute approximate surface area is 325 Å². The fraction of sp³-hybridized carbons (Fsp3) is 0.0943. The Morgan fingerprint density at radius 2 is 1.02 bits per heavy atom. The van der Waals surface area contributed by atoms with E-state index in [1.54, 1.807) is 0 Å². The number of hydrogen-bond acceptors (Lipinski definition) is 1. The van der Waals surface area contributed by atoms with Crippen LogP contribution in [0.15, 0.2) is 207 Å². The van der Waals surface area contributed by atoms with Crippen molar-refractivity contribution in [2.45, 2.75) is 18.8 Å². The molecule has 1 aliphatic carbocycles. The van der Waals surface area contributed by atoms with Gasteiger partial charge in [-0.15, -0.1) is 6.58 Å². The molecule has 1 heterocycles. The van der Waals surface area contributed by atoms with Crippen LogP contribution in [0.3, 0.4) is 0 Å². The van der Waals surface area contributed by atoms with Gasteiger partial charge < -0.3 is 4.57 Å². The van der Waals surface area contributed by atoms with Crippen molar-refractivity contribution in [2.75, 3.05) is 0 Å². The quantitative estimate of drug-likeness (QED) is 0.107. The lowest BCUT2D eigenvalue weighted by Crippen LogP contribution is -2.16. The Balaban J connectivity index is 1.13. The SMILES string of the molecule is C=CC1CC(/C=C/c2ccccc2)CC1c1ccc(P2(=O)C(c3ccc(-c4ccccc4)cc3)=C(c3ccc(-c4ccccc4)cc3)c3ccccc32)cc1. The lowest BCUT2D eigenvalue weighted by molar-refractivity contribution is 0.590. The molecule has 1 saturated carbocycles. The smallest absolute Gasteiger partial charge is 0.172 e. The highest BCUT2D eigenvalue weighted by Gasteiger charge is 2.43. The number of allylic oxidation sites excluding steroid dienone is 2. The summed E-state index contributed by atoms with van der Waals surface area (Å²) in [6, 6.07) is 66.0. The molecule has 4 atom stereocenters. The summed E-state index contributed by atoms with van der Waals surface area (Å²) in [5.41, 5.74) is 11.3. The van der Waals surface area contributed by atoms with E-state index in [2.05, 4.69) is 195 Å². The zero-order chi connectivity index (χ0) is 37.2. The highest BCUT2D eigenvalue weighted by atomic mass is 31.2. The molecule has 2 heteroatoms. The van der Waals surface area contributed by atoms with E-state index in [0.717, 1.165) is 67.7 Å². The first-order chi connectivity index (χ1) is 27.1. The monoisotopic (exact) mass is 726 g/mol. The highest BCUT2D eigenvalue weighted by molar-refractivity contribution is 7.88. The second-order valence-corrected chi connectivity index (χ2v) is 17.5. The molecule has 0 saturated heterocycles. The highest BCUT2D eigenvalue weighted by Crippen LogP contribution is 2.65. The van der Waals surface area contributed by atoms with Crippen molar-refractivity contribution < 1.29 is 4.57 Å². The summed E-state index contributed by atoms with van der Waals surface area (Å²) in [6.07, 6.45) is 8.93. The largest absolute Gasteiger partial charge is 0.309 e. The lowest BCUT2D eigenvalue weighted by Gasteiger charge is -2.22. The first-order valence-corrected chi connectivity index (χ1v) is 21.0. The minimum atomic E-state index is -3.31. The van der Waals surface area contributed by atoms with Crippen LogP contribution in [-0.2, 0) is 4.57 Å². The molecule has 2 aliphatic rings. The first kappa shape index (κ1) is 34.7. The third-order valence-electron chi connectivity index (χ3n) is 11.6. The molecule has 7 aromatic carbocycles. The third kappa shape index (κ3) is 6.60. The Kier molecular flexibility index (Phi) is 9.49. The third-order valence-corrected chi connectivity index (χ3v) is 14.8. The topological polar surface area (TPSA) is 17.1 Å². The van der Waals surface area contributed by atoms with E-state index >= 15 is 4.57 Å². The van der Waals surface area contributed by atoms with Gasteiger partial charge in [-0.05, 0) is 80.7 Å². The molecule has 9 rings (SSSR count). The maximum Gasteiger partial charge on any atom is 0.172 e. The summed E-state index contributed by atoms with van der Waals surface area (Å²) in [4.78, 5) is 0. The molecule has 1 aliphatic heterocycles. The zero-order valence-corrected chi connectivity index (χ0v) is 31.7. The molecule has 0 N–H and O–H groups in total. The van der Waals surface area contributed by atoms with Gasteiger partial charge in [0.25, 0.3) is 0 Å². The van der Waals surface area contributed by atoms with E-state index in [1.807, 2.05) is 18.2 Å². The number of rotatable bonds is 9. The lowest BCUT2D eigenvalue weighted by atomic mass is 9.89. The first-order valence-electron chi connectivity index (χ1n) is 19.3. The number of fused-ring (bicyclic) bond motifs is 1. The summed E-state index contributed by atoms with van der Waals surface area (Å²) >= 11 is 0. The molecule has 1 nitrogen and oxygen atoms in total. The van der Waals surface area contributed by atoms with Crippen LogP contribution in [-0.4, -0.2) is 0 Å². The van der Waals surface area contributed by atoms with Gasteiger partial charge in [0, 0.05) is 21.5 Å². The summed E-state index contributed by atoms with van der Waals surface area (Å²) in [5.74, 6) is 1.24. The second kappa shape index (κ2) is 15.0. The predicted molar refractivity (Wildman–Crippen MR) is 234 cm³/mol. The summed E-state index contributed by atoms with van der Waals surface area (Å²) in [6.45, 7) is 4.24. The van der Waals surface area contributed by atoms with Gasteiger partial charge in [0.1, 0.15) is 0 Å². The maximum absolute atomic E-state index is 16.3. The Morgan fingerprint density at radius 1 is 0.509 bits per heavy atom. The Bertz CT molecular complexity index is 2550. The van der Waals surface area contributed by atoms with E-state index in [0.29, 0.717) is 17.8 Å². The zero-order valence-electron chi connectivity index (χ0n) is 30.8. The molecule has 0 spiro atoms. The van der Waals surface area contributed by atoms with Gasteiger partial charge in [0.15, 0.2) is 7.14 Å². The van der Waals surface area contributed by atoms with Gasteiger partial charge in [-0.1, -0.05) is 206 Å². The van der Waals surface area contributed by atoms with Crippen LogP contribution >= 0.6 is 7.14 Å². The Morgan fingerprint density at radius 3 is 1.62 bits per heavy atom. The molecule has 4 unspecified atom stereocenters. The number of hydrogen-bond donors (Lipinski definition) is 0. The van der Waals surface area contributed by atoms with Gasteiger partial charge in [-0.25, -0.2) is 0 Å². The summed E-state index contributed by atoms with van der Waals surface area (Å²) < 4.78 is 16.3. The van der Waals surface area contributed by atoms with Crippen molar-refractivity contribution in [3.63, 3.8) is 0 Å². The van der Waals surface area contributed by atoms with Crippen LogP contribution in [0.2, 0.25) is 0 Å². The molecule has 0 bridgehead atoms. The molecule has 0 aromatic heterocycles. The Hall–Kier alpha value is -6.01. The van der Waals surface area contributed by atoms with Crippen molar-refractivity contribution in [3.8, 4) is 22.3 Å². The van der Waals surface area contributed by atoms with Gasteiger partial charge in [-0.3, -0.25) is 0 Å². The van der Waals surface area contributed by atoms with Gasteiger partial charge in [0.2, 0.25) is 0 Å². The molecular formula is C53H43OP.